The van der Waals surface area contributed by atoms with Gasteiger partial charge >= 0.3 is 0 Å². The number of nitrogens with one attached hydrogen (secondary N) is 1. The average Bonchev–Trinajstić information content (AvgIpc) is 3.40. The van der Waals surface area contributed by atoms with E-state index < -0.39 is 0 Å². The Morgan fingerprint density at radius 2 is 1.96 bits per heavy atom. The van der Waals surface area contributed by atoms with Crippen LogP contribution in [0.1, 0.15) is 51.9 Å². The lowest BCUT2D eigenvalue weighted by Crippen LogP contribution is -2.40. The summed E-state index contributed by atoms with van der Waals surface area (Å²) in [5.41, 5.74) is 0. The number of likely N-dealkylation sites (N-methyl/N-ethyl adjacent to an activating group) is 1. The summed E-state index contributed by atoms with van der Waals surface area (Å²) in [7, 11) is 0. The Morgan fingerprint density at radius 3 is 2.68 bits per heavy atom. The second-order valence-electron chi connectivity index (χ2n) is 8.00. The van der Waals surface area contributed by atoms with E-state index in [2.05, 4.69) is 27.2 Å². The van der Waals surface area contributed by atoms with Gasteiger partial charge in [-0.25, -0.2) is 4.98 Å². The van der Waals surface area contributed by atoms with Crippen LogP contribution in [0.2, 0.25) is 0 Å². The maximum atomic E-state index is 12.3. The number of piperidine rings is 1. The van der Waals surface area contributed by atoms with Gasteiger partial charge in [-0.15, -0.1) is 0 Å². The molecular formula is C20H34N6O2. The van der Waals surface area contributed by atoms with Gasteiger partial charge in [-0.3, -0.25) is 19.2 Å². The van der Waals surface area contributed by atoms with Gasteiger partial charge in [0.2, 0.25) is 11.8 Å². The summed E-state index contributed by atoms with van der Waals surface area (Å²) in [4.78, 5) is 32.8. The van der Waals surface area contributed by atoms with E-state index >= 15 is 0 Å². The first-order chi connectivity index (χ1) is 13.7. The Balaban J connectivity index is 1.27. The quantitative estimate of drug-likeness (QED) is 0.687. The molecule has 1 unspecified atom stereocenters. The summed E-state index contributed by atoms with van der Waals surface area (Å²) in [5, 5.41) is 7.16. The van der Waals surface area contributed by atoms with Crippen LogP contribution in [-0.4, -0.2) is 75.1 Å². The van der Waals surface area contributed by atoms with Crippen LogP contribution >= 0.6 is 0 Å². The lowest BCUT2D eigenvalue weighted by atomic mass is 9.92. The number of carbonyl (C=O) groups excluding carboxylic acids is 2. The van der Waals surface area contributed by atoms with E-state index in [0.717, 1.165) is 52.0 Å². The molecule has 0 aliphatic carbocycles. The van der Waals surface area contributed by atoms with Crippen molar-refractivity contribution >= 4 is 11.8 Å². The maximum Gasteiger partial charge on any atom is 0.224 e. The van der Waals surface area contributed by atoms with Crippen LogP contribution < -0.4 is 5.32 Å². The molecule has 0 saturated carbocycles. The molecule has 2 aliphatic rings. The van der Waals surface area contributed by atoms with Crippen LogP contribution in [0.25, 0.3) is 0 Å². The molecule has 28 heavy (non-hydrogen) atoms. The molecule has 0 bridgehead atoms. The molecule has 1 aromatic heterocycles. The molecule has 2 amide bonds. The molecule has 0 radical (unpaired) electrons. The highest BCUT2D eigenvalue weighted by atomic mass is 16.2. The minimum atomic E-state index is 0.175. The lowest BCUT2D eigenvalue weighted by molar-refractivity contribution is -0.133. The molecule has 3 rings (SSSR count). The topological polar surface area (TPSA) is 83.4 Å². The fourth-order valence-corrected chi connectivity index (χ4v) is 4.39. The standard InChI is InChI=1S/C20H34N6O2/c1-2-24-10-3-4-18(24)14-22-19(27)6-5-17-7-11-25(12-8-17)20(28)9-13-26-16-21-15-23-26/h15-18H,2-14H2,1H3,(H,22,27). The van der Waals surface area contributed by atoms with Crippen molar-refractivity contribution < 1.29 is 9.59 Å². The highest BCUT2D eigenvalue weighted by molar-refractivity contribution is 5.76. The SMILES string of the molecule is CCN1CCCC1CNC(=O)CCC1CCN(C(=O)CCn2cncn2)CC1. The number of rotatable bonds is 9. The third kappa shape index (κ3) is 6.02. The van der Waals surface area contributed by atoms with Gasteiger partial charge in [0.1, 0.15) is 12.7 Å². The Morgan fingerprint density at radius 1 is 1.14 bits per heavy atom. The van der Waals surface area contributed by atoms with Gasteiger partial charge in [0.25, 0.3) is 0 Å². The van der Waals surface area contributed by atoms with Crippen LogP contribution in [0.4, 0.5) is 0 Å². The lowest BCUT2D eigenvalue weighted by Gasteiger charge is -2.32. The number of aromatic nitrogens is 3. The zero-order valence-electron chi connectivity index (χ0n) is 17.1. The van der Waals surface area contributed by atoms with Gasteiger partial charge in [0, 0.05) is 38.5 Å². The average molecular weight is 391 g/mol. The highest BCUT2D eigenvalue weighted by Crippen LogP contribution is 2.22. The molecule has 8 heteroatoms. The maximum absolute atomic E-state index is 12.3. The van der Waals surface area contributed by atoms with Crippen molar-refractivity contribution in [1.29, 1.82) is 0 Å². The Kier molecular flexibility index (Phi) is 7.82. The zero-order chi connectivity index (χ0) is 19.8. The third-order valence-corrected chi connectivity index (χ3v) is 6.21. The van der Waals surface area contributed by atoms with Crippen molar-refractivity contribution in [2.75, 3.05) is 32.7 Å². The number of amides is 2. The Labute approximate surface area is 167 Å². The van der Waals surface area contributed by atoms with Crippen molar-refractivity contribution in [3.8, 4) is 0 Å². The molecule has 3 heterocycles. The normalized spacial score (nSPS) is 21.2. The van der Waals surface area contributed by atoms with E-state index in [4.69, 9.17) is 0 Å². The first-order valence-corrected chi connectivity index (χ1v) is 10.8. The zero-order valence-corrected chi connectivity index (χ0v) is 17.1. The summed E-state index contributed by atoms with van der Waals surface area (Å²) >= 11 is 0. The van der Waals surface area contributed by atoms with Crippen molar-refractivity contribution in [1.82, 2.24) is 29.9 Å². The molecule has 1 aromatic rings. The number of aryl methyl sites for hydroxylation is 1. The summed E-state index contributed by atoms with van der Waals surface area (Å²) in [6.07, 6.45) is 9.53. The summed E-state index contributed by atoms with van der Waals surface area (Å²) < 4.78 is 1.69. The van der Waals surface area contributed by atoms with E-state index in [1.165, 1.54) is 19.2 Å². The van der Waals surface area contributed by atoms with E-state index in [0.29, 0.717) is 31.3 Å². The molecule has 2 fully saturated rings. The van der Waals surface area contributed by atoms with Gasteiger partial charge in [0.15, 0.2) is 0 Å². The second-order valence-corrected chi connectivity index (χ2v) is 8.00. The number of nitrogens with zero attached hydrogens (tertiary/aromatic N) is 5. The molecule has 1 N–H and O–H groups in total. The predicted molar refractivity (Wildman–Crippen MR) is 106 cm³/mol. The predicted octanol–water partition coefficient (Wildman–Crippen LogP) is 1.29. The molecule has 1 atom stereocenters. The minimum Gasteiger partial charge on any atom is -0.355 e. The Hall–Kier alpha value is -1.96. The third-order valence-electron chi connectivity index (χ3n) is 6.21. The number of carbonyl (C=O) groups is 2. The van der Waals surface area contributed by atoms with Crippen molar-refractivity contribution in [3.63, 3.8) is 0 Å². The van der Waals surface area contributed by atoms with Gasteiger partial charge in [0.05, 0.1) is 6.54 Å². The summed E-state index contributed by atoms with van der Waals surface area (Å²) in [6, 6.07) is 0.515. The van der Waals surface area contributed by atoms with Gasteiger partial charge < -0.3 is 10.2 Å². The summed E-state index contributed by atoms with van der Waals surface area (Å²) in [5.74, 6) is 0.904. The Bertz CT molecular complexity index is 612. The van der Waals surface area contributed by atoms with Crippen molar-refractivity contribution in [2.45, 2.75) is 64.5 Å². The van der Waals surface area contributed by atoms with E-state index in [9.17, 15) is 9.59 Å². The molecule has 0 spiro atoms. The largest absolute Gasteiger partial charge is 0.355 e. The molecular weight excluding hydrogens is 356 g/mol. The van der Waals surface area contributed by atoms with Gasteiger partial charge in [-0.2, -0.15) is 5.10 Å². The molecule has 156 valence electrons. The van der Waals surface area contributed by atoms with Crippen molar-refractivity contribution in [2.24, 2.45) is 5.92 Å². The minimum absolute atomic E-state index is 0.175. The van der Waals surface area contributed by atoms with Crippen LogP contribution in [0, 0.1) is 5.92 Å². The number of hydrogen-bond donors (Lipinski definition) is 1. The second kappa shape index (κ2) is 10.5. The van der Waals surface area contributed by atoms with Gasteiger partial charge in [-0.05, 0) is 51.1 Å². The fraction of sp³-hybridized carbons (Fsp3) is 0.800. The van der Waals surface area contributed by atoms with Crippen LogP contribution in [0.15, 0.2) is 12.7 Å². The molecule has 2 saturated heterocycles. The molecule has 8 nitrogen and oxygen atoms in total. The van der Waals surface area contributed by atoms with E-state index in [1.54, 1.807) is 11.0 Å². The monoisotopic (exact) mass is 390 g/mol. The highest BCUT2D eigenvalue weighted by Gasteiger charge is 2.25. The first kappa shape index (κ1) is 20.8. The molecule has 2 aliphatic heterocycles. The molecule has 0 aromatic carbocycles. The van der Waals surface area contributed by atoms with Crippen molar-refractivity contribution in [3.05, 3.63) is 12.7 Å². The van der Waals surface area contributed by atoms with Crippen LogP contribution in [0.5, 0.6) is 0 Å². The van der Waals surface area contributed by atoms with Crippen LogP contribution in [-0.2, 0) is 16.1 Å². The summed E-state index contributed by atoms with van der Waals surface area (Å²) in [6.45, 7) is 7.38. The van der Waals surface area contributed by atoms with E-state index in [1.807, 2.05) is 4.90 Å². The number of hydrogen-bond acceptors (Lipinski definition) is 5. The van der Waals surface area contributed by atoms with Gasteiger partial charge in [-0.1, -0.05) is 6.92 Å². The van der Waals surface area contributed by atoms with E-state index in [-0.39, 0.29) is 11.8 Å². The first-order valence-electron chi connectivity index (χ1n) is 10.8. The fourth-order valence-electron chi connectivity index (χ4n) is 4.39. The number of likely N-dealkylation sites (tertiary alicyclic amines) is 2. The van der Waals surface area contributed by atoms with Crippen LogP contribution in [0.3, 0.4) is 0 Å². The smallest absolute Gasteiger partial charge is 0.224 e.